The van der Waals surface area contributed by atoms with E-state index in [9.17, 15) is 4.79 Å². The van der Waals surface area contributed by atoms with Gasteiger partial charge in [0.15, 0.2) is 6.61 Å². The lowest BCUT2D eigenvalue weighted by Crippen LogP contribution is -2.24. The van der Waals surface area contributed by atoms with E-state index in [-0.39, 0.29) is 12.5 Å². The summed E-state index contributed by atoms with van der Waals surface area (Å²) in [6.45, 7) is 11.4. The smallest absolute Gasteiger partial charge is 0.277 e. The fourth-order valence-corrected chi connectivity index (χ4v) is 2.66. The summed E-state index contributed by atoms with van der Waals surface area (Å²) in [7, 11) is 0. The molecule has 5 heteroatoms. The fourth-order valence-electron chi connectivity index (χ4n) is 2.66. The van der Waals surface area contributed by atoms with E-state index in [1.165, 1.54) is 5.69 Å². The first-order valence-corrected chi connectivity index (χ1v) is 8.55. The van der Waals surface area contributed by atoms with Crippen LogP contribution in [-0.4, -0.2) is 23.3 Å². The fraction of sp³-hybridized carbons (Fsp3) is 0.400. The molecule has 1 aromatic carbocycles. The molecule has 0 saturated heterocycles. The Hall–Kier alpha value is -2.56. The summed E-state index contributed by atoms with van der Waals surface area (Å²) >= 11 is 0. The van der Waals surface area contributed by atoms with Crippen molar-refractivity contribution in [3.8, 4) is 5.75 Å². The zero-order valence-electron chi connectivity index (χ0n) is 15.7. The van der Waals surface area contributed by atoms with Crippen molar-refractivity contribution in [2.75, 3.05) is 6.61 Å². The number of aromatic nitrogens is 1. The number of ether oxygens (including phenoxy) is 1. The zero-order valence-corrected chi connectivity index (χ0v) is 15.7. The Balaban J connectivity index is 1.89. The molecule has 0 saturated carbocycles. The van der Waals surface area contributed by atoms with Crippen LogP contribution >= 0.6 is 0 Å². The van der Waals surface area contributed by atoms with Gasteiger partial charge >= 0.3 is 0 Å². The average Bonchev–Trinajstić information content (AvgIpc) is 2.80. The highest BCUT2D eigenvalue weighted by Gasteiger charge is 2.09. The van der Waals surface area contributed by atoms with E-state index >= 15 is 0 Å². The molecular formula is C20H27N3O2. The lowest BCUT2D eigenvalue weighted by molar-refractivity contribution is -0.123. The molecule has 0 spiro atoms. The first kappa shape index (κ1) is 18.8. The second kappa shape index (κ2) is 8.51. The number of amides is 1. The Morgan fingerprint density at radius 3 is 2.72 bits per heavy atom. The van der Waals surface area contributed by atoms with Crippen LogP contribution in [0.2, 0.25) is 0 Å². The number of benzene rings is 1. The number of hydrazone groups is 1. The molecule has 0 radical (unpaired) electrons. The summed E-state index contributed by atoms with van der Waals surface area (Å²) in [6, 6.07) is 9.67. The van der Waals surface area contributed by atoms with Crippen molar-refractivity contribution in [1.29, 1.82) is 0 Å². The molecule has 134 valence electrons. The van der Waals surface area contributed by atoms with Crippen LogP contribution in [0.15, 0.2) is 35.4 Å². The van der Waals surface area contributed by atoms with Gasteiger partial charge in [-0.25, -0.2) is 5.43 Å². The van der Waals surface area contributed by atoms with Crippen LogP contribution in [0.4, 0.5) is 0 Å². The van der Waals surface area contributed by atoms with Gasteiger partial charge in [0.1, 0.15) is 5.75 Å². The van der Waals surface area contributed by atoms with E-state index in [0.29, 0.717) is 11.7 Å². The molecule has 5 nitrogen and oxygen atoms in total. The third-order valence-electron chi connectivity index (χ3n) is 3.91. The molecule has 2 aromatic rings. The minimum atomic E-state index is -0.284. The van der Waals surface area contributed by atoms with E-state index in [0.717, 1.165) is 23.4 Å². The number of rotatable bonds is 7. The molecule has 0 fully saturated rings. The highest BCUT2D eigenvalue weighted by molar-refractivity contribution is 5.84. The molecule has 0 atom stereocenters. The summed E-state index contributed by atoms with van der Waals surface area (Å²) in [4.78, 5) is 11.8. The Labute approximate surface area is 149 Å². The van der Waals surface area contributed by atoms with E-state index < -0.39 is 0 Å². The van der Waals surface area contributed by atoms with Crippen molar-refractivity contribution >= 4 is 12.1 Å². The van der Waals surface area contributed by atoms with Crippen LogP contribution in [0.1, 0.15) is 36.4 Å². The largest absolute Gasteiger partial charge is 0.484 e. The summed E-state index contributed by atoms with van der Waals surface area (Å²) in [5, 5.41) is 4.05. The maximum atomic E-state index is 11.8. The zero-order chi connectivity index (χ0) is 18.4. The summed E-state index contributed by atoms with van der Waals surface area (Å²) in [5.74, 6) is 0.971. The van der Waals surface area contributed by atoms with Crippen LogP contribution in [0.3, 0.4) is 0 Å². The predicted octanol–water partition coefficient (Wildman–Crippen LogP) is 3.60. The topological polar surface area (TPSA) is 55.6 Å². The molecule has 1 heterocycles. The Morgan fingerprint density at radius 1 is 1.28 bits per heavy atom. The van der Waals surface area contributed by atoms with Crippen molar-refractivity contribution in [2.24, 2.45) is 11.0 Å². The van der Waals surface area contributed by atoms with Crippen molar-refractivity contribution < 1.29 is 9.53 Å². The van der Waals surface area contributed by atoms with Crippen LogP contribution < -0.4 is 10.2 Å². The van der Waals surface area contributed by atoms with Gasteiger partial charge in [-0.3, -0.25) is 4.79 Å². The minimum Gasteiger partial charge on any atom is -0.484 e. The number of hydrogen-bond acceptors (Lipinski definition) is 3. The van der Waals surface area contributed by atoms with Crippen molar-refractivity contribution in [3.05, 3.63) is 52.8 Å². The number of nitrogens with zero attached hydrogens (tertiary/aromatic N) is 2. The molecule has 2 rings (SSSR count). The van der Waals surface area contributed by atoms with Gasteiger partial charge in [-0.1, -0.05) is 26.0 Å². The van der Waals surface area contributed by atoms with Crippen molar-refractivity contribution in [1.82, 2.24) is 9.99 Å². The van der Waals surface area contributed by atoms with Crippen LogP contribution in [0, 0.1) is 26.7 Å². The predicted molar refractivity (Wildman–Crippen MR) is 101 cm³/mol. The third-order valence-corrected chi connectivity index (χ3v) is 3.91. The van der Waals surface area contributed by atoms with Crippen molar-refractivity contribution in [2.45, 2.75) is 41.2 Å². The van der Waals surface area contributed by atoms with Crippen LogP contribution in [0.5, 0.6) is 5.75 Å². The molecular weight excluding hydrogens is 314 g/mol. The Kier molecular flexibility index (Phi) is 6.39. The number of carbonyl (C=O) groups is 1. The normalized spacial score (nSPS) is 11.3. The van der Waals surface area contributed by atoms with Gasteiger partial charge in [0.2, 0.25) is 0 Å². The van der Waals surface area contributed by atoms with Crippen molar-refractivity contribution in [3.63, 3.8) is 0 Å². The Morgan fingerprint density at radius 2 is 2.04 bits per heavy atom. The lowest BCUT2D eigenvalue weighted by atomic mass is 10.2. The SMILES string of the molecule is Cc1cccc(OCC(=O)N/N=C\c2cc(C)n(CC(C)C)c2C)c1. The van der Waals surface area contributed by atoms with E-state index in [4.69, 9.17) is 4.74 Å². The maximum absolute atomic E-state index is 11.8. The number of hydrogen-bond donors (Lipinski definition) is 1. The van der Waals surface area contributed by atoms with E-state index in [2.05, 4.69) is 48.9 Å². The molecule has 0 bridgehead atoms. The summed E-state index contributed by atoms with van der Waals surface area (Å²) < 4.78 is 7.72. The quantitative estimate of drug-likeness (QED) is 0.618. The monoisotopic (exact) mass is 341 g/mol. The van der Waals surface area contributed by atoms with Crippen LogP contribution in [-0.2, 0) is 11.3 Å². The van der Waals surface area contributed by atoms with Crippen LogP contribution in [0.25, 0.3) is 0 Å². The van der Waals surface area contributed by atoms with E-state index in [1.807, 2.05) is 31.2 Å². The number of carbonyl (C=O) groups excluding carboxylic acids is 1. The number of aryl methyl sites for hydroxylation is 2. The lowest BCUT2D eigenvalue weighted by Gasteiger charge is -2.11. The molecule has 0 aliphatic heterocycles. The third kappa shape index (κ3) is 5.48. The van der Waals surface area contributed by atoms with E-state index in [1.54, 1.807) is 6.21 Å². The Bertz CT molecular complexity index is 760. The molecule has 1 amide bonds. The van der Waals surface area contributed by atoms with Gasteiger partial charge in [-0.2, -0.15) is 5.10 Å². The number of nitrogens with one attached hydrogen (secondary N) is 1. The van der Waals surface area contributed by atoms with Gasteiger partial charge < -0.3 is 9.30 Å². The van der Waals surface area contributed by atoms with Gasteiger partial charge in [0.25, 0.3) is 5.91 Å². The molecule has 25 heavy (non-hydrogen) atoms. The molecule has 0 aliphatic rings. The van der Waals surface area contributed by atoms with Gasteiger partial charge in [0, 0.05) is 23.5 Å². The first-order valence-electron chi connectivity index (χ1n) is 8.55. The highest BCUT2D eigenvalue weighted by atomic mass is 16.5. The summed E-state index contributed by atoms with van der Waals surface area (Å²) in [6.07, 6.45) is 1.68. The maximum Gasteiger partial charge on any atom is 0.277 e. The van der Waals surface area contributed by atoms with Gasteiger partial charge in [-0.05, 0) is 50.5 Å². The molecule has 1 N–H and O–H groups in total. The average molecular weight is 341 g/mol. The first-order chi connectivity index (χ1) is 11.9. The standard InChI is InChI=1S/C20H27N3O2/c1-14(2)12-23-16(4)10-18(17(23)5)11-21-22-20(24)13-25-19-8-6-7-15(3)9-19/h6-11,14H,12-13H2,1-5H3,(H,22,24)/b21-11-. The molecule has 0 unspecified atom stereocenters. The molecule has 1 aromatic heterocycles. The van der Waals surface area contributed by atoms with Gasteiger partial charge in [-0.15, -0.1) is 0 Å². The second-order valence-electron chi connectivity index (χ2n) is 6.73. The second-order valence-corrected chi connectivity index (χ2v) is 6.73. The van der Waals surface area contributed by atoms with Gasteiger partial charge in [0.05, 0.1) is 6.21 Å². The highest BCUT2D eigenvalue weighted by Crippen LogP contribution is 2.15. The summed E-state index contributed by atoms with van der Waals surface area (Å²) in [5.41, 5.74) is 6.96. The molecule has 0 aliphatic carbocycles. The minimum absolute atomic E-state index is 0.0623.